The van der Waals surface area contributed by atoms with Crippen LogP contribution in [0.15, 0.2) is 46.2 Å². The van der Waals surface area contributed by atoms with Crippen LogP contribution in [0.25, 0.3) is 0 Å². The fraction of sp³-hybridized carbons (Fsp3) is 0.435. The van der Waals surface area contributed by atoms with Crippen molar-refractivity contribution in [2.24, 2.45) is 0 Å². The van der Waals surface area contributed by atoms with Crippen LogP contribution < -0.4 is 10.6 Å². The predicted molar refractivity (Wildman–Crippen MR) is 130 cm³/mol. The summed E-state index contributed by atoms with van der Waals surface area (Å²) in [5.41, 5.74) is 2.32. The lowest BCUT2D eigenvalue weighted by Crippen LogP contribution is -2.31. The number of carbonyl (C=O) groups excluding carboxylic acids is 1. The van der Waals surface area contributed by atoms with Gasteiger partial charge in [-0.2, -0.15) is 4.31 Å². The van der Waals surface area contributed by atoms with E-state index in [0.29, 0.717) is 30.0 Å². The molecule has 3 rings (SSSR count). The van der Waals surface area contributed by atoms with Crippen LogP contribution in [0.3, 0.4) is 0 Å². The molecule has 33 heavy (non-hydrogen) atoms. The van der Waals surface area contributed by atoms with Crippen LogP contribution in [0, 0.1) is 13.8 Å². The van der Waals surface area contributed by atoms with Crippen molar-refractivity contribution in [3.63, 3.8) is 0 Å². The summed E-state index contributed by atoms with van der Waals surface area (Å²) in [5.74, 6) is -0.379. The second kappa shape index (κ2) is 10.2. The smallest absolute Gasteiger partial charge is 0.243 e. The zero-order valence-corrected chi connectivity index (χ0v) is 20.9. The largest absolute Gasteiger partial charge is 0.375 e. The van der Waals surface area contributed by atoms with E-state index < -0.39 is 19.9 Å². The minimum atomic E-state index is -3.55. The molecule has 0 saturated carbocycles. The zero-order valence-electron chi connectivity index (χ0n) is 19.2. The lowest BCUT2D eigenvalue weighted by Gasteiger charge is -2.20. The van der Waals surface area contributed by atoms with E-state index in [0.717, 1.165) is 37.5 Å². The van der Waals surface area contributed by atoms with Crippen molar-refractivity contribution in [3.8, 4) is 0 Å². The summed E-state index contributed by atoms with van der Waals surface area (Å²) in [4.78, 5) is 12.8. The Labute approximate surface area is 196 Å². The fourth-order valence-corrected chi connectivity index (χ4v) is 6.70. The molecule has 0 aliphatic carbocycles. The third-order valence-electron chi connectivity index (χ3n) is 5.83. The third kappa shape index (κ3) is 6.13. The number of hydrogen-bond acceptors (Lipinski definition) is 6. The van der Waals surface area contributed by atoms with Gasteiger partial charge in [0.1, 0.15) is 0 Å². The molecule has 0 spiro atoms. The summed E-state index contributed by atoms with van der Waals surface area (Å²) in [6.07, 6.45) is 4.95. The SMILES string of the molecule is Cc1ccc(NCC(=O)Nc2ccc(S(=O)(=O)N3CCCCCC3)cc2)c(S(C)(=O)=O)c1C. The van der Waals surface area contributed by atoms with Gasteiger partial charge in [0.25, 0.3) is 0 Å². The number of hydrogen-bond donors (Lipinski definition) is 2. The van der Waals surface area contributed by atoms with Gasteiger partial charge in [0.2, 0.25) is 15.9 Å². The van der Waals surface area contributed by atoms with Crippen LogP contribution in [0.2, 0.25) is 0 Å². The highest BCUT2D eigenvalue weighted by Gasteiger charge is 2.25. The molecule has 0 radical (unpaired) electrons. The number of sulfone groups is 1. The second-order valence-electron chi connectivity index (χ2n) is 8.40. The molecule has 1 amide bonds. The Bertz CT molecular complexity index is 1220. The molecular weight excluding hydrogens is 462 g/mol. The van der Waals surface area contributed by atoms with Gasteiger partial charge in [0.15, 0.2) is 9.84 Å². The van der Waals surface area contributed by atoms with E-state index in [-0.39, 0.29) is 22.2 Å². The minimum Gasteiger partial charge on any atom is -0.375 e. The van der Waals surface area contributed by atoms with E-state index in [2.05, 4.69) is 10.6 Å². The number of amides is 1. The first-order valence-corrected chi connectivity index (χ1v) is 14.3. The van der Waals surface area contributed by atoms with Gasteiger partial charge in [-0.1, -0.05) is 18.9 Å². The first-order chi connectivity index (χ1) is 15.5. The van der Waals surface area contributed by atoms with Crippen molar-refractivity contribution < 1.29 is 21.6 Å². The first-order valence-electron chi connectivity index (χ1n) is 10.9. The molecule has 1 heterocycles. The second-order valence-corrected chi connectivity index (χ2v) is 12.3. The number of sulfonamides is 1. The van der Waals surface area contributed by atoms with E-state index in [1.165, 1.54) is 16.4 Å². The van der Waals surface area contributed by atoms with Crippen molar-refractivity contribution in [1.82, 2.24) is 4.31 Å². The van der Waals surface area contributed by atoms with Crippen molar-refractivity contribution in [3.05, 3.63) is 47.5 Å². The number of benzene rings is 2. The highest BCUT2D eigenvalue weighted by Crippen LogP contribution is 2.27. The lowest BCUT2D eigenvalue weighted by molar-refractivity contribution is -0.114. The molecule has 2 aromatic carbocycles. The summed E-state index contributed by atoms with van der Waals surface area (Å²) in [5, 5.41) is 5.60. The average molecular weight is 494 g/mol. The van der Waals surface area contributed by atoms with Crippen LogP contribution in [0.5, 0.6) is 0 Å². The summed E-state index contributed by atoms with van der Waals surface area (Å²) >= 11 is 0. The van der Waals surface area contributed by atoms with Crippen LogP contribution in [-0.2, 0) is 24.7 Å². The topological polar surface area (TPSA) is 113 Å². The predicted octanol–water partition coefficient (Wildman–Crippen LogP) is 3.32. The third-order valence-corrected chi connectivity index (χ3v) is 9.01. The number of anilines is 2. The molecule has 0 bridgehead atoms. The Morgan fingerprint density at radius 1 is 0.909 bits per heavy atom. The molecule has 0 atom stereocenters. The quantitative estimate of drug-likeness (QED) is 0.612. The molecular formula is C23H31N3O5S2. The molecule has 1 aliphatic rings. The van der Waals surface area contributed by atoms with Crippen molar-refractivity contribution in [2.45, 2.75) is 49.3 Å². The lowest BCUT2D eigenvalue weighted by atomic mass is 10.1. The Morgan fingerprint density at radius 3 is 2.09 bits per heavy atom. The van der Waals surface area contributed by atoms with E-state index in [1.807, 2.05) is 6.92 Å². The van der Waals surface area contributed by atoms with Gasteiger partial charge in [0.05, 0.1) is 22.0 Å². The van der Waals surface area contributed by atoms with E-state index >= 15 is 0 Å². The summed E-state index contributed by atoms with van der Waals surface area (Å²) < 4.78 is 51.7. The van der Waals surface area contributed by atoms with Crippen LogP contribution in [0.4, 0.5) is 11.4 Å². The molecule has 2 N–H and O–H groups in total. The number of nitrogens with one attached hydrogen (secondary N) is 2. The van der Waals surface area contributed by atoms with Gasteiger partial charge in [-0.25, -0.2) is 16.8 Å². The molecule has 0 unspecified atom stereocenters. The molecule has 1 fully saturated rings. The van der Waals surface area contributed by atoms with Crippen molar-refractivity contribution in [2.75, 3.05) is 36.5 Å². The minimum absolute atomic E-state index is 0.140. The molecule has 0 aromatic heterocycles. The fourth-order valence-electron chi connectivity index (χ4n) is 3.93. The normalized spacial score (nSPS) is 15.6. The number of aryl methyl sites for hydroxylation is 1. The summed E-state index contributed by atoms with van der Waals surface area (Å²) in [6.45, 7) is 4.48. The van der Waals surface area contributed by atoms with Gasteiger partial charge in [0, 0.05) is 25.0 Å². The number of rotatable bonds is 7. The molecule has 2 aromatic rings. The van der Waals surface area contributed by atoms with Crippen molar-refractivity contribution in [1.29, 1.82) is 0 Å². The standard InChI is InChI=1S/C23H31N3O5S2/c1-17-8-13-21(23(18(17)2)32(3,28)29)24-16-22(27)25-19-9-11-20(12-10-19)33(30,31)26-14-6-4-5-7-15-26/h8-13,24H,4-7,14-16H2,1-3H3,(H,25,27). The van der Waals surface area contributed by atoms with E-state index in [9.17, 15) is 21.6 Å². The van der Waals surface area contributed by atoms with Gasteiger partial charge < -0.3 is 10.6 Å². The Kier molecular flexibility index (Phi) is 7.81. The van der Waals surface area contributed by atoms with Crippen LogP contribution in [-0.4, -0.2) is 52.9 Å². The van der Waals surface area contributed by atoms with Gasteiger partial charge in [-0.3, -0.25) is 4.79 Å². The maximum Gasteiger partial charge on any atom is 0.243 e. The Hall–Kier alpha value is -2.43. The molecule has 180 valence electrons. The highest BCUT2D eigenvalue weighted by atomic mass is 32.2. The maximum atomic E-state index is 12.9. The monoisotopic (exact) mass is 493 g/mol. The average Bonchev–Trinajstić information content (AvgIpc) is 3.04. The molecule has 10 heteroatoms. The Morgan fingerprint density at radius 2 is 1.52 bits per heavy atom. The summed E-state index contributed by atoms with van der Waals surface area (Å²) in [6, 6.07) is 9.55. The van der Waals surface area contributed by atoms with Crippen LogP contribution >= 0.6 is 0 Å². The van der Waals surface area contributed by atoms with E-state index in [1.54, 1.807) is 31.2 Å². The number of nitrogens with zero attached hydrogens (tertiary/aromatic N) is 1. The van der Waals surface area contributed by atoms with E-state index in [4.69, 9.17) is 0 Å². The zero-order chi connectivity index (χ0) is 24.2. The van der Waals surface area contributed by atoms with Gasteiger partial charge >= 0.3 is 0 Å². The van der Waals surface area contributed by atoms with Crippen molar-refractivity contribution >= 4 is 37.1 Å². The molecule has 1 saturated heterocycles. The maximum absolute atomic E-state index is 12.9. The first kappa shape index (κ1) is 25.2. The Balaban J connectivity index is 1.66. The molecule has 8 nitrogen and oxygen atoms in total. The van der Waals surface area contributed by atoms with Crippen LogP contribution in [0.1, 0.15) is 36.8 Å². The van der Waals surface area contributed by atoms with Gasteiger partial charge in [-0.05, 0) is 68.1 Å². The summed E-state index contributed by atoms with van der Waals surface area (Å²) in [7, 11) is -7.03. The molecule has 1 aliphatic heterocycles. The number of carbonyl (C=O) groups is 1. The van der Waals surface area contributed by atoms with Gasteiger partial charge in [-0.15, -0.1) is 0 Å². The highest BCUT2D eigenvalue weighted by molar-refractivity contribution is 7.91.